The number of hydrogen-bond donors (Lipinski definition) is 1. The number of carbonyl (C=O) groups excluding carboxylic acids is 2. The minimum atomic E-state index is -0.952. The Kier molecular flexibility index (Phi) is 5.36. The lowest BCUT2D eigenvalue weighted by Gasteiger charge is -2.59. The normalized spacial score (nSPS) is 46.0. The van der Waals surface area contributed by atoms with Crippen LogP contribution in [0.1, 0.15) is 86.0 Å². The molecule has 0 saturated heterocycles. The second-order valence-electron chi connectivity index (χ2n) is 10.9. The standard InChI is InChI=1S/C25H38O5/c1-15(29-16(2)26)25(28)13-10-22-20-7-6-18-14-19(30-17(3)27)8-11-23(18,4)21(20)9-12-24(22,25)5/h6,15,19-22,28H,7-14H2,1-5H3/t15-,19-,20+,21-,22-,23-,24-,25+/m0/s1. The van der Waals surface area contributed by atoms with Gasteiger partial charge in [-0.15, -0.1) is 0 Å². The van der Waals surface area contributed by atoms with Crippen LogP contribution in [0.25, 0.3) is 0 Å². The Hall–Kier alpha value is -1.36. The third-order valence-corrected chi connectivity index (χ3v) is 9.62. The molecule has 30 heavy (non-hydrogen) atoms. The smallest absolute Gasteiger partial charge is 0.302 e. The molecule has 0 radical (unpaired) electrons. The van der Waals surface area contributed by atoms with Crippen molar-refractivity contribution in [1.82, 2.24) is 0 Å². The van der Waals surface area contributed by atoms with Gasteiger partial charge in [-0.3, -0.25) is 9.59 Å². The van der Waals surface area contributed by atoms with Crippen LogP contribution in [0.15, 0.2) is 11.6 Å². The van der Waals surface area contributed by atoms with Crippen LogP contribution in [0.4, 0.5) is 0 Å². The molecule has 0 aliphatic heterocycles. The molecule has 8 atom stereocenters. The summed E-state index contributed by atoms with van der Waals surface area (Å²) in [4.78, 5) is 23.0. The van der Waals surface area contributed by atoms with E-state index >= 15 is 0 Å². The lowest BCUT2D eigenvalue weighted by molar-refractivity contribution is -0.192. The van der Waals surface area contributed by atoms with Crippen LogP contribution in [0.2, 0.25) is 0 Å². The molecule has 5 nitrogen and oxygen atoms in total. The Morgan fingerprint density at radius 2 is 1.77 bits per heavy atom. The summed E-state index contributed by atoms with van der Waals surface area (Å²) < 4.78 is 11.0. The molecule has 0 amide bonds. The lowest BCUT2D eigenvalue weighted by Crippen LogP contribution is -2.58. The third kappa shape index (κ3) is 3.14. The van der Waals surface area contributed by atoms with Gasteiger partial charge in [0.15, 0.2) is 0 Å². The van der Waals surface area contributed by atoms with Crippen molar-refractivity contribution in [3.63, 3.8) is 0 Å². The highest BCUT2D eigenvalue weighted by Gasteiger charge is 2.65. The molecule has 0 aromatic rings. The molecular weight excluding hydrogens is 380 g/mol. The number of allylic oxidation sites excluding steroid dienone is 1. The summed E-state index contributed by atoms with van der Waals surface area (Å²) in [6.45, 7) is 9.44. The highest BCUT2D eigenvalue weighted by Crippen LogP contribution is 2.67. The molecule has 0 unspecified atom stereocenters. The van der Waals surface area contributed by atoms with Crippen molar-refractivity contribution in [2.45, 2.75) is 104 Å². The van der Waals surface area contributed by atoms with E-state index < -0.39 is 11.7 Å². The predicted molar refractivity (Wildman–Crippen MR) is 113 cm³/mol. The molecule has 3 fully saturated rings. The van der Waals surface area contributed by atoms with Gasteiger partial charge in [-0.1, -0.05) is 25.5 Å². The van der Waals surface area contributed by atoms with Gasteiger partial charge in [0.2, 0.25) is 0 Å². The molecule has 168 valence electrons. The van der Waals surface area contributed by atoms with E-state index in [2.05, 4.69) is 19.9 Å². The van der Waals surface area contributed by atoms with Crippen LogP contribution < -0.4 is 0 Å². The number of aliphatic hydroxyl groups is 1. The van der Waals surface area contributed by atoms with Gasteiger partial charge in [0, 0.05) is 25.7 Å². The van der Waals surface area contributed by atoms with Gasteiger partial charge in [0.05, 0.1) is 0 Å². The van der Waals surface area contributed by atoms with Gasteiger partial charge in [-0.05, 0) is 75.0 Å². The topological polar surface area (TPSA) is 72.8 Å². The van der Waals surface area contributed by atoms with Crippen molar-refractivity contribution < 1.29 is 24.2 Å². The van der Waals surface area contributed by atoms with Crippen molar-refractivity contribution in [2.75, 3.05) is 0 Å². The van der Waals surface area contributed by atoms with Crippen molar-refractivity contribution in [3.8, 4) is 0 Å². The second-order valence-corrected chi connectivity index (χ2v) is 10.9. The Morgan fingerprint density at radius 3 is 2.43 bits per heavy atom. The molecule has 3 saturated carbocycles. The van der Waals surface area contributed by atoms with Crippen LogP contribution in [-0.2, 0) is 19.1 Å². The molecule has 0 heterocycles. The summed E-state index contributed by atoms with van der Waals surface area (Å²) >= 11 is 0. The molecular formula is C25H38O5. The zero-order valence-electron chi connectivity index (χ0n) is 19.2. The van der Waals surface area contributed by atoms with Gasteiger partial charge in [0.25, 0.3) is 0 Å². The molecule has 4 rings (SSSR count). The maximum Gasteiger partial charge on any atom is 0.302 e. The maximum absolute atomic E-state index is 11.7. The highest BCUT2D eigenvalue weighted by atomic mass is 16.6. The number of esters is 2. The Morgan fingerprint density at radius 1 is 1.07 bits per heavy atom. The molecule has 0 spiro atoms. The number of fused-ring (bicyclic) bond motifs is 5. The predicted octanol–water partition coefficient (Wildman–Crippen LogP) is 4.56. The van der Waals surface area contributed by atoms with Gasteiger partial charge in [-0.2, -0.15) is 0 Å². The van der Waals surface area contributed by atoms with Crippen molar-refractivity contribution in [1.29, 1.82) is 0 Å². The first-order valence-electron chi connectivity index (χ1n) is 11.8. The highest BCUT2D eigenvalue weighted by molar-refractivity contribution is 5.66. The average Bonchev–Trinajstić information content (AvgIpc) is 2.93. The Bertz CT molecular complexity index is 759. The largest absolute Gasteiger partial charge is 0.462 e. The zero-order valence-corrected chi connectivity index (χ0v) is 19.2. The summed E-state index contributed by atoms with van der Waals surface area (Å²) in [6.07, 6.45) is 9.64. The van der Waals surface area contributed by atoms with E-state index in [9.17, 15) is 14.7 Å². The van der Waals surface area contributed by atoms with E-state index in [1.54, 1.807) is 0 Å². The molecule has 0 aromatic carbocycles. The van der Waals surface area contributed by atoms with Gasteiger partial charge < -0.3 is 14.6 Å². The fourth-order valence-corrected chi connectivity index (χ4v) is 8.03. The fraction of sp³-hybridized carbons (Fsp3) is 0.840. The Labute approximate surface area is 180 Å². The van der Waals surface area contributed by atoms with Crippen LogP contribution in [0, 0.1) is 28.6 Å². The van der Waals surface area contributed by atoms with E-state index in [0.29, 0.717) is 24.2 Å². The van der Waals surface area contributed by atoms with E-state index in [1.807, 2.05) is 6.92 Å². The van der Waals surface area contributed by atoms with E-state index in [0.717, 1.165) is 44.9 Å². The zero-order chi connectivity index (χ0) is 21.9. The molecule has 0 aromatic heterocycles. The summed E-state index contributed by atoms with van der Waals surface area (Å²) in [7, 11) is 0. The first kappa shape index (κ1) is 21.9. The first-order valence-corrected chi connectivity index (χ1v) is 11.8. The van der Waals surface area contributed by atoms with E-state index in [4.69, 9.17) is 9.47 Å². The monoisotopic (exact) mass is 418 g/mol. The third-order valence-electron chi connectivity index (χ3n) is 9.62. The SMILES string of the molecule is CC(=O)O[C@H]1CC[C@@]2(C)C(=CC[C@@H]3[C@@H]2CC[C@@]2(C)[C@H]3CC[C@@]2(O)[C@H](C)OC(C)=O)C1. The average molecular weight is 419 g/mol. The van der Waals surface area contributed by atoms with E-state index in [-0.39, 0.29) is 28.9 Å². The number of rotatable bonds is 3. The first-order chi connectivity index (χ1) is 14.0. The number of ether oxygens (including phenoxy) is 2. The maximum atomic E-state index is 11.7. The number of carbonyl (C=O) groups is 2. The summed E-state index contributed by atoms with van der Waals surface area (Å²) in [5, 5.41) is 11.7. The molecule has 1 N–H and O–H groups in total. The minimum absolute atomic E-state index is 0.0217. The van der Waals surface area contributed by atoms with Gasteiger partial charge in [0.1, 0.15) is 17.8 Å². The van der Waals surface area contributed by atoms with Crippen molar-refractivity contribution in [2.24, 2.45) is 28.6 Å². The molecule has 5 heteroatoms. The van der Waals surface area contributed by atoms with Crippen LogP contribution >= 0.6 is 0 Å². The second kappa shape index (κ2) is 7.36. The molecule has 4 aliphatic rings. The van der Waals surface area contributed by atoms with Gasteiger partial charge >= 0.3 is 11.9 Å². The Balaban J connectivity index is 1.58. The van der Waals surface area contributed by atoms with Crippen LogP contribution in [0.3, 0.4) is 0 Å². The molecule has 0 bridgehead atoms. The summed E-state index contributed by atoms with van der Waals surface area (Å²) in [6, 6.07) is 0. The van der Waals surface area contributed by atoms with Crippen molar-refractivity contribution >= 4 is 11.9 Å². The number of hydrogen-bond acceptors (Lipinski definition) is 5. The van der Waals surface area contributed by atoms with Crippen molar-refractivity contribution in [3.05, 3.63) is 11.6 Å². The minimum Gasteiger partial charge on any atom is -0.462 e. The van der Waals surface area contributed by atoms with Crippen LogP contribution in [-0.4, -0.2) is 34.9 Å². The lowest BCUT2D eigenvalue weighted by atomic mass is 9.46. The molecule has 4 aliphatic carbocycles. The quantitative estimate of drug-likeness (QED) is 0.537. The van der Waals surface area contributed by atoms with Gasteiger partial charge in [-0.25, -0.2) is 0 Å². The van der Waals surface area contributed by atoms with E-state index in [1.165, 1.54) is 19.4 Å². The summed E-state index contributed by atoms with van der Waals surface area (Å²) in [5.41, 5.74) is 0.473. The fourth-order valence-electron chi connectivity index (χ4n) is 8.03. The summed E-state index contributed by atoms with van der Waals surface area (Å²) in [5.74, 6) is 1.11. The van der Waals surface area contributed by atoms with Crippen LogP contribution in [0.5, 0.6) is 0 Å².